The maximum absolute atomic E-state index is 13.1. The van der Waals surface area contributed by atoms with E-state index in [2.05, 4.69) is 5.16 Å². The lowest BCUT2D eigenvalue weighted by Gasteiger charge is -2.33. The molecule has 7 nitrogen and oxygen atoms in total. The second-order valence-electron chi connectivity index (χ2n) is 6.98. The minimum absolute atomic E-state index is 0.134. The molecule has 0 spiro atoms. The summed E-state index contributed by atoms with van der Waals surface area (Å²) in [4.78, 5) is 1.55. The molecule has 166 valence electrons. The smallest absolute Gasteiger partial charge is 0.417 e. The number of aromatic nitrogens is 1. The van der Waals surface area contributed by atoms with E-state index in [1.807, 2.05) is 4.90 Å². The zero-order valence-electron chi connectivity index (χ0n) is 16.0. The van der Waals surface area contributed by atoms with Crippen LogP contribution in [0.2, 0.25) is 5.02 Å². The molecule has 0 unspecified atom stereocenters. The van der Waals surface area contributed by atoms with Gasteiger partial charge in [0.05, 0.1) is 27.4 Å². The van der Waals surface area contributed by atoms with Crippen molar-refractivity contribution in [3.63, 3.8) is 0 Å². The van der Waals surface area contributed by atoms with Gasteiger partial charge in [0.25, 0.3) is 0 Å². The van der Waals surface area contributed by atoms with Crippen molar-refractivity contribution in [2.24, 2.45) is 0 Å². The Balaban J connectivity index is 1.41. The first-order chi connectivity index (χ1) is 14.6. The summed E-state index contributed by atoms with van der Waals surface area (Å²) < 4.78 is 76.6. The molecule has 31 heavy (non-hydrogen) atoms. The Morgan fingerprint density at radius 2 is 1.81 bits per heavy atom. The van der Waals surface area contributed by atoms with Crippen LogP contribution in [0.5, 0.6) is 0 Å². The molecule has 0 saturated carbocycles. The lowest BCUT2D eigenvalue weighted by Crippen LogP contribution is -2.48. The Kier molecular flexibility index (Phi) is 5.86. The molecule has 0 aliphatic carbocycles. The molecule has 1 aromatic carbocycles. The van der Waals surface area contributed by atoms with Crippen LogP contribution in [0.4, 0.5) is 13.2 Å². The molecule has 1 fully saturated rings. The molecule has 4 rings (SSSR count). The molecule has 12 heteroatoms. The molecular weight excluding hydrogens is 459 g/mol. The number of hydrogen-bond donors (Lipinski definition) is 0. The van der Waals surface area contributed by atoms with Crippen LogP contribution in [0, 0.1) is 0 Å². The van der Waals surface area contributed by atoms with E-state index in [1.165, 1.54) is 10.6 Å². The van der Waals surface area contributed by atoms with Crippen molar-refractivity contribution in [2.45, 2.75) is 17.6 Å². The summed E-state index contributed by atoms with van der Waals surface area (Å²) in [7, 11) is -4.08. The average molecular weight is 476 g/mol. The van der Waals surface area contributed by atoms with Crippen molar-refractivity contribution in [3.8, 4) is 11.5 Å². The van der Waals surface area contributed by atoms with Crippen LogP contribution in [0.25, 0.3) is 11.5 Å². The Morgan fingerprint density at radius 3 is 2.45 bits per heavy atom. The van der Waals surface area contributed by atoms with Crippen molar-refractivity contribution < 1.29 is 30.5 Å². The van der Waals surface area contributed by atoms with Crippen molar-refractivity contribution >= 4 is 21.6 Å². The largest absolute Gasteiger partial charge is 0.461 e. The normalized spacial score (nSPS) is 16.6. The fraction of sp³-hybridized carbons (Fsp3) is 0.316. The highest BCUT2D eigenvalue weighted by Gasteiger charge is 2.36. The zero-order chi connectivity index (χ0) is 22.2. The Bertz CT molecular complexity index is 1150. The van der Waals surface area contributed by atoms with Crippen molar-refractivity contribution in [1.29, 1.82) is 0 Å². The van der Waals surface area contributed by atoms with E-state index in [9.17, 15) is 21.6 Å². The third kappa shape index (κ3) is 4.64. The van der Waals surface area contributed by atoms with E-state index in [0.717, 1.165) is 12.1 Å². The summed E-state index contributed by atoms with van der Waals surface area (Å²) >= 11 is 5.59. The van der Waals surface area contributed by atoms with E-state index < -0.39 is 31.7 Å². The molecular formula is C19H17ClF3N3O4S. The number of rotatable bonds is 5. The standard InChI is InChI=1S/C19H17ClF3N3O4S/c20-16-4-3-14(11-15(16)19(21,22)23)31(27,28)26-7-5-25(6-8-26)12-13-10-18(30-24-13)17-2-1-9-29-17/h1-4,9-11H,5-8,12H2. The van der Waals surface area contributed by atoms with Crippen LogP contribution in [0.1, 0.15) is 11.3 Å². The van der Waals surface area contributed by atoms with Crippen molar-refractivity contribution in [3.05, 3.63) is 58.9 Å². The van der Waals surface area contributed by atoms with Crippen molar-refractivity contribution in [2.75, 3.05) is 26.2 Å². The molecule has 0 atom stereocenters. The Morgan fingerprint density at radius 1 is 1.06 bits per heavy atom. The van der Waals surface area contributed by atoms with E-state index in [0.29, 0.717) is 42.9 Å². The molecule has 1 aliphatic heterocycles. The molecule has 3 aromatic rings. The number of sulfonamides is 1. The maximum atomic E-state index is 13.1. The monoisotopic (exact) mass is 475 g/mol. The molecule has 1 saturated heterocycles. The van der Waals surface area contributed by atoms with Gasteiger partial charge < -0.3 is 8.94 Å². The van der Waals surface area contributed by atoms with Gasteiger partial charge in [0.15, 0.2) is 5.76 Å². The van der Waals surface area contributed by atoms with Crippen LogP contribution in [0.3, 0.4) is 0 Å². The third-order valence-corrected chi connectivity index (χ3v) is 7.15. The van der Waals surface area contributed by atoms with Gasteiger partial charge in [-0.15, -0.1) is 0 Å². The summed E-state index contributed by atoms with van der Waals surface area (Å²) in [5.41, 5.74) is -0.512. The quantitative estimate of drug-likeness (QED) is 0.552. The fourth-order valence-corrected chi connectivity index (χ4v) is 4.98. The molecule has 0 bridgehead atoms. The van der Waals surface area contributed by atoms with Crippen molar-refractivity contribution in [1.82, 2.24) is 14.4 Å². The Hall–Kier alpha value is -2.34. The highest BCUT2D eigenvalue weighted by atomic mass is 35.5. The summed E-state index contributed by atoms with van der Waals surface area (Å²) in [5.74, 6) is 1.04. The lowest BCUT2D eigenvalue weighted by atomic mass is 10.2. The predicted octanol–water partition coefficient (Wildman–Crippen LogP) is 4.11. The van der Waals surface area contributed by atoms with Gasteiger partial charge in [0.1, 0.15) is 0 Å². The number of furan rings is 1. The number of benzene rings is 1. The fourth-order valence-electron chi connectivity index (χ4n) is 3.31. The predicted molar refractivity (Wildman–Crippen MR) is 105 cm³/mol. The van der Waals surface area contributed by atoms with E-state index in [4.69, 9.17) is 20.5 Å². The molecule has 0 radical (unpaired) electrons. The highest BCUT2D eigenvalue weighted by Crippen LogP contribution is 2.36. The van der Waals surface area contributed by atoms with Gasteiger partial charge in [-0.2, -0.15) is 17.5 Å². The van der Waals surface area contributed by atoms with E-state index in [1.54, 1.807) is 18.2 Å². The van der Waals surface area contributed by atoms with E-state index >= 15 is 0 Å². The summed E-state index contributed by atoms with van der Waals surface area (Å²) in [6, 6.07) is 7.84. The third-order valence-electron chi connectivity index (χ3n) is 4.92. The van der Waals surface area contributed by atoms with Gasteiger partial charge in [0, 0.05) is 38.8 Å². The summed E-state index contributed by atoms with van der Waals surface area (Å²) in [6.07, 6.45) is -3.22. The first kappa shape index (κ1) is 21.9. The van der Waals surface area contributed by atoms with E-state index in [-0.39, 0.29) is 13.1 Å². The topological polar surface area (TPSA) is 79.8 Å². The van der Waals surface area contributed by atoms with Gasteiger partial charge >= 0.3 is 6.18 Å². The van der Waals surface area contributed by atoms with Gasteiger partial charge in [0.2, 0.25) is 15.8 Å². The minimum Gasteiger partial charge on any atom is -0.461 e. The van der Waals surface area contributed by atoms with Gasteiger partial charge in [-0.05, 0) is 30.3 Å². The summed E-state index contributed by atoms with van der Waals surface area (Å²) in [5, 5.41) is 3.45. The highest BCUT2D eigenvalue weighted by molar-refractivity contribution is 7.89. The van der Waals surface area contributed by atoms with Gasteiger partial charge in [-0.1, -0.05) is 16.8 Å². The molecule has 2 aromatic heterocycles. The zero-order valence-corrected chi connectivity index (χ0v) is 17.5. The minimum atomic E-state index is -4.74. The number of piperazine rings is 1. The second-order valence-corrected chi connectivity index (χ2v) is 9.32. The number of hydrogen-bond acceptors (Lipinski definition) is 6. The molecule has 3 heterocycles. The number of alkyl halides is 3. The number of halogens is 4. The van der Waals surface area contributed by atoms with Crippen LogP contribution in [-0.4, -0.2) is 49.0 Å². The maximum Gasteiger partial charge on any atom is 0.417 e. The number of nitrogens with zero attached hydrogens (tertiary/aromatic N) is 3. The molecule has 1 aliphatic rings. The summed E-state index contributed by atoms with van der Waals surface area (Å²) in [6.45, 7) is 1.49. The average Bonchev–Trinajstić information content (AvgIpc) is 3.39. The van der Waals surface area contributed by atoms with Crippen LogP contribution in [0.15, 0.2) is 56.5 Å². The van der Waals surface area contributed by atoms with Crippen LogP contribution < -0.4 is 0 Å². The first-order valence-corrected chi connectivity index (χ1v) is 11.0. The molecule has 0 amide bonds. The van der Waals surface area contributed by atoms with Crippen LogP contribution >= 0.6 is 11.6 Å². The molecule has 0 N–H and O–H groups in total. The SMILES string of the molecule is O=S(=O)(c1ccc(Cl)c(C(F)(F)F)c1)N1CCN(Cc2cc(-c3ccco3)on2)CC1. The first-order valence-electron chi connectivity index (χ1n) is 9.23. The van der Waals surface area contributed by atoms with Gasteiger partial charge in [-0.25, -0.2) is 8.42 Å². The lowest BCUT2D eigenvalue weighted by molar-refractivity contribution is -0.137. The van der Waals surface area contributed by atoms with Crippen LogP contribution in [-0.2, 0) is 22.7 Å². The Labute approximate surface area is 181 Å². The van der Waals surface area contributed by atoms with Gasteiger partial charge in [-0.3, -0.25) is 4.90 Å². The second kappa shape index (κ2) is 8.30.